The number of phenols is 1. The fourth-order valence-corrected chi connectivity index (χ4v) is 5.67. The van der Waals surface area contributed by atoms with Crippen LogP contribution in [0.1, 0.15) is 71.7 Å². The van der Waals surface area contributed by atoms with Crippen molar-refractivity contribution in [2.45, 2.75) is 59.5 Å². The second-order valence-electron chi connectivity index (χ2n) is 8.60. The number of thiophene rings is 1. The molecule has 0 bridgehead atoms. The van der Waals surface area contributed by atoms with E-state index in [1.807, 2.05) is 19.1 Å². The highest BCUT2D eigenvalue weighted by Gasteiger charge is 2.37. The predicted molar refractivity (Wildman–Crippen MR) is 111 cm³/mol. The molecular weight excluding hydrogens is 356 g/mol. The van der Waals surface area contributed by atoms with E-state index in [2.05, 4.69) is 31.4 Å². The van der Waals surface area contributed by atoms with E-state index in [0.29, 0.717) is 16.9 Å². The summed E-state index contributed by atoms with van der Waals surface area (Å²) in [6.07, 6.45) is 3.96. The van der Waals surface area contributed by atoms with Crippen molar-refractivity contribution in [2.24, 2.45) is 11.3 Å². The Hall–Kier alpha value is -2.01. The summed E-state index contributed by atoms with van der Waals surface area (Å²) in [5.74, 6) is 0.836. The predicted octanol–water partition coefficient (Wildman–Crippen LogP) is 5.16. The van der Waals surface area contributed by atoms with Crippen molar-refractivity contribution in [3.05, 3.63) is 45.3 Å². The SMILES string of the molecule is CCC(C)(C)[C@@H]1CCc2c(sc3c2C(=O)N[C@@H](c2cc(C)ccc2O)N3)C1. The number of hydrogen-bond acceptors (Lipinski definition) is 4. The lowest BCUT2D eigenvalue weighted by Gasteiger charge is -2.36. The third kappa shape index (κ3) is 3.12. The van der Waals surface area contributed by atoms with Crippen LogP contribution >= 0.6 is 11.3 Å². The van der Waals surface area contributed by atoms with Gasteiger partial charge in [0.25, 0.3) is 5.91 Å². The molecule has 4 nitrogen and oxygen atoms in total. The molecule has 4 rings (SSSR count). The minimum atomic E-state index is -0.395. The quantitative estimate of drug-likeness (QED) is 0.685. The summed E-state index contributed by atoms with van der Waals surface area (Å²) in [6.45, 7) is 8.97. The summed E-state index contributed by atoms with van der Waals surface area (Å²) < 4.78 is 0. The van der Waals surface area contributed by atoms with Crippen molar-refractivity contribution in [2.75, 3.05) is 5.32 Å². The van der Waals surface area contributed by atoms with E-state index < -0.39 is 6.17 Å². The molecule has 2 atom stereocenters. The number of carbonyl (C=O) groups is 1. The molecule has 2 aromatic rings. The van der Waals surface area contributed by atoms with Gasteiger partial charge in [-0.15, -0.1) is 11.3 Å². The summed E-state index contributed by atoms with van der Waals surface area (Å²) in [5.41, 5.74) is 4.15. The Morgan fingerprint density at radius 2 is 2.07 bits per heavy atom. The zero-order chi connectivity index (χ0) is 19.3. The first-order valence-electron chi connectivity index (χ1n) is 9.81. The van der Waals surface area contributed by atoms with E-state index in [1.165, 1.54) is 16.9 Å². The van der Waals surface area contributed by atoms with E-state index in [0.717, 1.165) is 35.4 Å². The molecule has 27 heavy (non-hydrogen) atoms. The van der Waals surface area contributed by atoms with Crippen LogP contribution in [0.25, 0.3) is 0 Å². The molecule has 1 aliphatic heterocycles. The molecule has 5 heteroatoms. The van der Waals surface area contributed by atoms with Crippen LogP contribution in [-0.4, -0.2) is 11.0 Å². The molecule has 2 aliphatic rings. The van der Waals surface area contributed by atoms with Gasteiger partial charge in [-0.05, 0) is 55.2 Å². The summed E-state index contributed by atoms with van der Waals surface area (Å²) >= 11 is 1.73. The number of benzene rings is 1. The summed E-state index contributed by atoms with van der Waals surface area (Å²) in [5, 5.41) is 17.7. The first kappa shape index (κ1) is 18.4. The number of aryl methyl sites for hydroxylation is 1. The second-order valence-corrected chi connectivity index (χ2v) is 9.71. The van der Waals surface area contributed by atoms with Gasteiger partial charge in [-0.2, -0.15) is 0 Å². The van der Waals surface area contributed by atoms with E-state index >= 15 is 0 Å². The largest absolute Gasteiger partial charge is 0.508 e. The van der Waals surface area contributed by atoms with Crippen molar-refractivity contribution in [3.8, 4) is 5.75 Å². The molecule has 0 fully saturated rings. The number of aromatic hydroxyl groups is 1. The Morgan fingerprint density at radius 3 is 2.81 bits per heavy atom. The molecule has 0 saturated carbocycles. The molecule has 0 unspecified atom stereocenters. The van der Waals surface area contributed by atoms with Crippen molar-refractivity contribution < 1.29 is 9.90 Å². The van der Waals surface area contributed by atoms with Crippen LogP contribution in [0.5, 0.6) is 5.75 Å². The van der Waals surface area contributed by atoms with Gasteiger partial charge < -0.3 is 15.7 Å². The van der Waals surface area contributed by atoms with E-state index in [1.54, 1.807) is 17.4 Å². The molecular formula is C22H28N2O2S. The number of amides is 1. The van der Waals surface area contributed by atoms with Crippen LogP contribution in [0.4, 0.5) is 5.00 Å². The van der Waals surface area contributed by atoms with Crippen LogP contribution in [0.3, 0.4) is 0 Å². The number of anilines is 1. The lowest BCUT2D eigenvalue weighted by molar-refractivity contribution is 0.0934. The molecule has 2 heterocycles. The Bertz CT molecular complexity index is 900. The lowest BCUT2D eigenvalue weighted by Crippen LogP contribution is -2.38. The van der Waals surface area contributed by atoms with Gasteiger partial charge in [0.05, 0.1) is 5.56 Å². The Labute approximate surface area is 165 Å². The fourth-order valence-electron chi connectivity index (χ4n) is 4.31. The molecule has 0 saturated heterocycles. The van der Waals surface area contributed by atoms with Crippen LogP contribution in [0.15, 0.2) is 18.2 Å². The number of rotatable bonds is 3. The van der Waals surface area contributed by atoms with Gasteiger partial charge in [0.2, 0.25) is 0 Å². The minimum absolute atomic E-state index is 0.0274. The number of nitrogens with one attached hydrogen (secondary N) is 2. The summed E-state index contributed by atoms with van der Waals surface area (Å²) in [6, 6.07) is 5.48. The molecule has 1 aliphatic carbocycles. The van der Waals surface area contributed by atoms with Gasteiger partial charge in [0.1, 0.15) is 16.9 Å². The number of fused-ring (bicyclic) bond motifs is 3. The standard InChI is InChI=1S/C22H28N2O2S/c1-5-22(3,4)13-7-8-14-17(11-13)27-21-18(14)20(26)23-19(24-21)15-10-12(2)6-9-16(15)25/h6,9-10,13,19,24-25H,5,7-8,11H2,1-4H3,(H,23,26)/t13-,19-/m1/s1. The number of phenolic OH excluding ortho intramolecular Hbond substituents is 1. The van der Waals surface area contributed by atoms with Crippen LogP contribution in [0.2, 0.25) is 0 Å². The lowest BCUT2D eigenvalue weighted by atomic mass is 9.69. The van der Waals surface area contributed by atoms with Gasteiger partial charge >= 0.3 is 0 Å². The summed E-state index contributed by atoms with van der Waals surface area (Å²) in [4.78, 5) is 14.3. The highest BCUT2D eigenvalue weighted by molar-refractivity contribution is 7.16. The smallest absolute Gasteiger partial charge is 0.256 e. The first-order chi connectivity index (χ1) is 12.8. The average molecular weight is 385 g/mol. The topological polar surface area (TPSA) is 61.4 Å². The number of hydrogen-bond donors (Lipinski definition) is 3. The molecule has 3 N–H and O–H groups in total. The van der Waals surface area contributed by atoms with Gasteiger partial charge in [-0.1, -0.05) is 38.8 Å². The first-order valence-corrected chi connectivity index (χ1v) is 10.6. The van der Waals surface area contributed by atoms with Crippen LogP contribution in [-0.2, 0) is 12.8 Å². The summed E-state index contributed by atoms with van der Waals surface area (Å²) in [7, 11) is 0. The third-order valence-corrected chi connectivity index (χ3v) is 7.74. The maximum Gasteiger partial charge on any atom is 0.256 e. The zero-order valence-corrected chi connectivity index (χ0v) is 17.3. The minimum Gasteiger partial charge on any atom is -0.508 e. The maximum atomic E-state index is 12.9. The molecule has 0 spiro atoms. The monoisotopic (exact) mass is 384 g/mol. The van der Waals surface area contributed by atoms with Gasteiger partial charge in [-0.25, -0.2) is 0 Å². The fraction of sp³-hybridized carbons (Fsp3) is 0.500. The van der Waals surface area contributed by atoms with Crippen LogP contribution < -0.4 is 10.6 Å². The third-order valence-electron chi connectivity index (χ3n) is 6.55. The van der Waals surface area contributed by atoms with Gasteiger partial charge in [-0.3, -0.25) is 4.79 Å². The normalized spacial score (nSPS) is 21.9. The molecule has 144 valence electrons. The van der Waals surface area contributed by atoms with Gasteiger partial charge in [0, 0.05) is 10.4 Å². The Kier molecular flexibility index (Phi) is 4.46. The Morgan fingerprint density at radius 1 is 1.30 bits per heavy atom. The molecule has 1 amide bonds. The van der Waals surface area contributed by atoms with E-state index in [4.69, 9.17) is 0 Å². The highest BCUT2D eigenvalue weighted by atomic mass is 32.1. The molecule has 1 aromatic heterocycles. The van der Waals surface area contributed by atoms with Crippen molar-refractivity contribution >= 4 is 22.2 Å². The zero-order valence-electron chi connectivity index (χ0n) is 16.5. The second kappa shape index (κ2) is 6.55. The van der Waals surface area contributed by atoms with Crippen LogP contribution in [0, 0.1) is 18.3 Å². The molecule has 1 aromatic carbocycles. The van der Waals surface area contributed by atoms with E-state index in [9.17, 15) is 9.90 Å². The number of carbonyl (C=O) groups excluding carboxylic acids is 1. The van der Waals surface area contributed by atoms with E-state index in [-0.39, 0.29) is 11.7 Å². The molecule has 0 radical (unpaired) electrons. The Balaban J connectivity index is 1.66. The highest BCUT2D eigenvalue weighted by Crippen LogP contribution is 2.47. The van der Waals surface area contributed by atoms with Crippen molar-refractivity contribution in [3.63, 3.8) is 0 Å². The van der Waals surface area contributed by atoms with Gasteiger partial charge in [0.15, 0.2) is 0 Å². The maximum absolute atomic E-state index is 12.9. The van der Waals surface area contributed by atoms with Crippen molar-refractivity contribution in [1.29, 1.82) is 0 Å². The van der Waals surface area contributed by atoms with Crippen molar-refractivity contribution in [1.82, 2.24) is 5.32 Å². The average Bonchev–Trinajstić information content (AvgIpc) is 3.01.